The smallest absolute Gasteiger partial charge is 0.127 e. The molecule has 0 aliphatic carbocycles. The van der Waals surface area contributed by atoms with E-state index in [0.717, 1.165) is 54.0 Å². The van der Waals surface area contributed by atoms with Gasteiger partial charge in [-0.05, 0) is 31.4 Å². The molecule has 0 amide bonds. The molecule has 2 aromatic carbocycles. The summed E-state index contributed by atoms with van der Waals surface area (Å²) >= 11 is 5.65. The zero-order chi connectivity index (χ0) is 13.5. The van der Waals surface area contributed by atoms with E-state index in [2.05, 4.69) is 12.1 Å². The van der Waals surface area contributed by atoms with Gasteiger partial charge in [-0.3, -0.25) is 0 Å². The van der Waals surface area contributed by atoms with Crippen molar-refractivity contribution in [3.63, 3.8) is 0 Å². The second-order valence-corrected chi connectivity index (χ2v) is 4.79. The Morgan fingerprint density at radius 1 is 0.895 bits per heavy atom. The molecule has 0 fully saturated rings. The highest BCUT2D eigenvalue weighted by molar-refractivity contribution is 6.17. The first-order chi connectivity index (χ1) is 9.36. The molecule has 0 saturated carbocycles. The molecule has 19 heavy (non-hydrogen) atoms. The fourth-order valence-corrected chi connectivity index (χ4v) is 2.29. The molecule has 2 nitrogen and oxygen atoms in total. The van der Waals surface area contributed by atoms with Crippen LogP contribution in [-0.4, -0.2) is 19.6 Å². The lowest BCUT2D eigenvalue weighted by atomic mass is 10.1. The Bertz CT molecular complexity index is 525. The fourth-order valence-electron chi connectivity index (χ4n) is 2.10. The van der Waals surface area contributed by atoms with E-state index in [4.69, 9.17) is 21.1 Å². The number of alkyl halides is 1. The van der Waals surface area contributed by atoms with Gasteiger partial charge in [-0.2, -0.15) is 0 Å². The van der Waals surface area contributed by atoms with E-state index in [1.165, 1.54) is 0 Å². The zero-order valence-corrected chi connectivity index (χ0v) is 12.0. The van der Waals surface area contributed by atoms with Crippen molar-refractivity contribution < 1.29 is 9.47 Å². The SMILES string of the molecule is COc1ccc(OCCCCCCl)c2ccccc12. The van der Waals surface area contributed by atoms with Gasteiger partial charge in [0, 0.05) is 16.7 Å². The number of methoxy groups -OCH3 is 1. The van der Waals surface area contributed by atoms with Crippen molar-refractivity contribution in [2.24, 2.45) is 0 Å². The lowest BCUT2D eigenvalue weighted by Crippen LogP contribution is -1.98. The van der Waals surface area contributed by atoms with Crippen molar-refractivity contribution >= 4 is 22.4 Å². The standard InChI is InChI=1S/C16H19ClO2/c1-18-15-9-10-16(19-12-6-2-5-11-17)14-8-4-3-7-13(14)15/h3-4,7-10H,2,5-6,11-12H2,1H3. The molecule has 0 unspecified atom stereocenters. The normalized spacial score (nSPS) is 10.6. The number of hydrogen-bond donors (Lipinski definition) is 0. The molecule has 0 N–H and O–H groups in total. The second-order valence-electron chi connectivity index (χ2n) is 4.41. The summed E-state index contributed by atoms with van der Waals surface area (Å²) in [6, 6.07) is 12.1. The number of ether oxygens (including phenoxy) is 2. The van der Waals surface area contributed by atoms with Crippen molar-refractivity contribution in [3.05, 3.63) is 36.4 Å². The average molecular weight is 279 g/mol. The van der Waals surface area contributed by atoms with Crippen molar-refractivity contribution in [1.29, 1.82) is 0 Å². The summed E-state index contributed by atoms with van der Waals surface area (Å²) in [6.45, 7) is 0.729. The van der Waals surface area contributed by atoms with Crippen LogP contribution in [0.5, 0.6) is 11.5 Å². The number of hydrogen-bond acceptors (Lipinski definition) is 2. The van der Waals surface area contributed by atoms with Gasteiger partial charge in [0.1, 0.15) is 11.5 Å². The largest absolute Gasteiger partial charge is 0.496 e. The predicted molar refractivity (Wildman–Crippen MR) is 80.6 cm³/mol. The maximum Gasteiger partial charge on any atom is 0.127 e. The number of rotatable bonds is 7. The van der Waals surface area contributed by atoms with Gasteiger partial charge in [0.25, 0.3) is 0 Å². The molecule has 2 rings (SSSR count). The predicted octanol–water partition coefficient (Wildman–Crippen LogP) is 4.64. The van der Waals surface area contributed by atoms with Crippen molar-refractivity contribution in [3.8, 4) is 11.5 Å². The van der Waals surface area contributed by atoms with Gasteiger partial charge in [0.05, 0.1) is 13.7 Å². The van der Waals surface area contributed by atoms with Crippen LogP contribution in [0.25, 0.3) is 10.8 Å². The van der Waals surface area contributed by atoms with E-state index in [1.54, 1.807) is 7.11 Å². The van der Waals surface area contributed by atoms with Crippen molar-refractivity contribution in [2.75, 3.05) is 19.6 Å². The van der Waals surface area contributed by atoms with Gasteiger partial charge in [0.2, 0.25) is 0 Å². The first kappa shape index (κ1) is 14.0. The lowest BCUT2D eigenvalue weighted by Gasteiger charge is -2.11. The summed E-state index contributed by atoms with van der Waals surface area (Å²) < 4.78 is 11.2. The van der Waals surface area contributed by atoms with Crippen LogP contribution in [0.4, 0.5) is 0 Å². The van der Waals surface area contributed by atoms with Crippen LogP contribution < -0.4 is 9.47 Å². The maximum absolute atomic E-state index is 5.87. The van der Waals surface area contributed by atoms with Gasteiger partial charge >= 0.3 is 0 Å². The fraction of sp³-hybridized carbons (Fsp3) is 0.375. The maximum atomic E-state index is 5.87. The summed E-state index contributed by atoms with van der Waals surface area (Å²) in [5.74, 6) is 2.53. The molecular formula is C16H19ClO2. The molecule has 0 bridgehead atoms. The monoisotopic (exact) mass is 278 g/mol. The summed E-state index contributed by atoms with van der Waals surface area (Å²) in [4.78, 5) is 0. The highest BCUT2D eigenvalue weighted by Crippen LogP contribution is 2.32. The highest BCUT2D eigenvalue weighted by atomic mass is 35.5. The lowest BCUT2D eigenvalue weighted by molar-refractivity contribution is 0.309. The molecule has 0 radical (unpaired) electrons. The van der Waals surface area contributed by atoms with Gasteiger partial charge in [-0.15, -0.1) is 11.6 Å². The molecule has 0 aliphatic heterocycles. The molecule has 0 aromatic heterocycles. The molecule has 0 heterocycles. The molecule has 0 aliphatic rings. The Balaban J connectivity index is 2.11. The van der Waals surface area contributed by atoms with E-state index in [-0.39, 0.29) is 0 Å². The minimum absolute atomic E-state index is 0.728. The summed E-state index contributed by atoms with van der Waals surface area (Å²) in [5, 5.41) is 2.18. The van der Waals surface area contributed by atoms with Crippen LogP contribution in [0.2, 0.25) is 0 Å². The Hall–Kier alpha value is -1.41. The molecule has 0 saturated heterocycles. The quantitative estimate of drug-likeness (QED) is 0.543. The number of benzene rings is 2. The molecular weight excluding hydrogens is 260 g/mol. The van der Waals surface area contributed by atoms with Crippen LogP contribution in [0.3, 0.4) is 0 Å². The van der Waals surface area contributed by atoms with Crippen LogP contribution in [0, 0.1) is 0 Å². The van der Waals surface area contributed by atoms with Gasteiger partial charge in [0.15, 0.2) is 0 Å². The summed E-state index contributed by atoms with van der Waals surface area (Å²) in [6.07, 6.45) is 3.19. The zero-order valence-electron chi connectivity index (χ0n) is 11.2. The minimum Gasteiger partial charge on any atom is -0.496 e. The van der Waals surface area contributed by atoms with Crippen LogP contribution in [-0.2, 0) is 0 Å². The van der Waals surface area contributed by atoms with Gasteiger partial charge in [-0.1, -0.05) is 24.3 Å². The minimum atomic E-state index is 0.728. The topological polar surface area (TPSA) is 18.5 Å². The van der Waals surface area contributed by atoms with E-state index >= 15 is 0 Å². The molecule has 102 valence electrons. The summed E-state index contributed by atoms with van der Waals surface area (Å²) in [7, 11) is 1.69. The van der Waals surface area contributed by atoms with E-state index in [0.29, 0.717) is 0 Å². The highest BCUT2D eigenvalue weighted by Gasteiger charge is 2.06. The molecule has 0 atom stereocenters. The van der Waals surface area contributed by atoms with E-state index in [9.17, 15) is 0 Å². The van der Waals surface area contributed by atoms with Crippen molar-refractivity contribution in [1.82, 2.24) is 0 Å². The third kappa shape index (κ3) is 3.54. The number of fused-ring (bicyclic) bond motifs is 1. The molecule has 2 aromatic rings. The average Bonchev–Trinajstić information content (AvgIpc) is 2.47. The molecule has 3 heteroatoms. The number of halogens is 1. The van der Waals surface area contributed by atoms with E-state index in [1.807, 2.05) is 24.3 Å². The van der Waals surface area contributed by atoms with Gasteiger partial charge < -0.3 is 9.47 Å². The second kappa shape index (κ2) is 7.25. The Morgan fingerprint density at radius 2 is 1.58 bits per heavy atom. The third-order valence-corrected chi connectivity index (χ3v) is 3.37. The molecule has 0 spiro atoms. The third-order valence-electron chi connectivity index (χ3n) is 3.10. The Kier molecular flexibility index (Phi) is 5.34. The first-order valence-electron chi connectivity index (χ1n) is 6.61. The Labute approximate surface area is 119 Å². The first-order valence-corrected chi connectivity index (χ1v) is 7.14. The Morgan fingerprint density at radius 3 is 2.26 bits per heavy atom. The van der Waals surface area contributed by atoms with Gasteiger partial charge in [-0.25, -0.2) is 0 Å². The van der Waals surface area contributed by atoms with Crippen LogP contribution in [0.1, 0.15) is 19.3 Å². The van der Waals surface area contributed by atoms with Crippen LogP contribution in [0.15, 0.2) is 36.4 Å². The summed E-state index contributed by atoms with van der Waals surface area (Å²) in [5.41, 5.74) is 0. The van der Waals surface area contributed by atoms with Crippen molar-refractivity contribution in [2.45, 2.75) is 19.3 Å². The van der Waals surface area contributed by atoms with E-state index < -0.39 is 0 Å². The number of unbranched alkanes of at least 4 members (excludes halogenated alkanes) is 2. The van der Waals surface area contributed by atoms with Crippen LogP contribution >= 0.6 is 11.6 Å².